The minimum absolute atomic E-state index is 0.112. The third-order valence-electron chi connectivity index (χ3n) is 2.51. The van der Waals surface area contributed by atoms with Gasteiger partial charge in [0.2, 0.25) is 0 Å². The van der Waals surface area contributed by atoms with Gasteiger partial charge in [0.1, 0.15) is 0 Å². The first-order valence-corrected chi connectivity index (χ1v) is 5.57. The van der Waals surface area contributed by atoms with Gasteiger partial charge >= 0.3 is 6.03 Å². The first-order chi connectivity index (χ1) is 7.33. The lowest BCUT2D eigenvalue weighted by atomic mass is 10.1. The molecule has 1 aliphatic rings. The number of hydrogen-bond donors (Lipinski definition) is 3. The molecule has 1 heterocycles. The van der Waals surface area contributed by atoms with E-state index < -0.39 is 0 Å². The van der Waals surface area contributed by atoms with E-state index in [9.17, 15) is 4.79 Å². The number of methoxy groups -OCH3 is 1. The number of nitrogens with one attached hydrogen (secondary N) is 3. The smallest absolute Gasteiger partial charge is 0.314 e. The summed E-state index contributed by atoms with van der Waals surface area (Å²) in [6.07, 6.45) is 3.65. The number of rotatable bonds is 5. The highest BCUT2D eigenvalue weighted by molar-refractivity contribution is 5.73. The zero-order valence-corrected chi connectivity index (χ0v) is 9.34. The largest absolute Gasteiger partial charge is 0.383 e. The molecule has 1 rings (SSSR count). The molecule has 0 saturated carbocycles. The van der Waals surface area contributed by atoms with E-state index in [2.05, 4.69) is 16.0 Å². The highest BCUT2D eigenvalue weighted by atomic mass is 16.5. The topological polar surface area (TPSA) is 62.4 Å². The second kappa shape index (κ2) is 7.48. The molecule has 1 unspecified atom stereocenters. The number of carbonyl (C=O) groups excluding carboxylic acids is 1. The minimum Gasteiger partial charge on any atom is -0.383 e. The van der Waals surface area contributed by atoms with Crippen molar-refractivity contribution in [3.63, 3.8) is 0 Å². The van der Waals surface area contributed by atoms with Crippen LogP contribution in [0.1, 0.15) is 19.3 Å². The van der Waals surface area contributed by atoms with E-state index in [1.807, 2.05) is 0 Å². The number of amides is 2. The summed E-state index contributed by atoms with van der Waals surface area (Å²) in [4.78, 5) is 11.3. The Morgan fingerprint density at radius 2 is 2.33 bits per heavy atom. The number of piperidine rings is 1. The SMILES string of the molecule is COCCNC(=O)NCC1CCCCN1. The van der Waals surface area contributed by atoms with Gasteiger partial charge in [-0.25, -0.2) is 4.79 Å². The van der Waals surface area contributed by atoms with Crippen molar-refractivity contribution in [2.24, 2.45) is 0 Å². The average molecular weight is 215 g/mol. The van der Waals surface area contributed by atoms with Crippen LogP contribution in [-0.4, -0.2) is 45.4 Å². The van der Waals surface area contributed by atoms with Crippen LogP contribution in [0.3, 0.4) is 0 Å². The van der Waals surface area contributed by atoms with Gasteiger partial charge < -0.3 is 20.7 Å². The van der Waals surface area contributed by atoms with Gasteiger partial charge in [0, 0.05) is 26.2 Å². The van der Waals surface area contributed by atoms with E-state index in [0.717, 1.165) is 13.0 Å². The van der Waals surface area contributed by atoms with Crippen LogP contribution in [0.4, 0.5) is 4.79 Å². The summed E-state index contributed by atoms with van der Waals surface area (Å²) in [6.45, 7) is 2.88. The first-order valence-electron chi connectivity index (χ1n) is 5.57. The van der Waals surface area contributed by atoms with Crippen molar-refractivity contribution in [3.8, 4) is 0 Å². The average Bonchev–Trinajstić information content (AvgIpc) is 2.28. The lowest BCUT2D eigenvalue weighted by molar-refractivity contribution is 0.195. The molecule has 0 radical (unpaired) electrons. The van der Waals surface area contributed by atoms with Gasteiger partial charge in [-0.05, 0) is 19.4 Å². The molecule has 5 nitrogen and oxygen atoms in total. The molecular formula is C10H21N3O2. The van der Waals surface area contributed by atoms with E-state index in [-0.39, 0.29) is 6.03 Å². The van der Waals surface area contributed by atoms with Crippen LogP contribution >= 0.6 is 0 Å². The van der Waals surface area contributed by atoms with Crippen molar-refractivity contribution in [1.29, 1.82) is 0 Å². The van der Waals surface area contributed by atoms with Crippen molar-refractivity contribution in [2.75, 3.05) is 33.4 Å². The lowest BCUT2D eigenvalue weighted by Crippen LogP contribution is -2.46. The van der Waals surface area contributed by atoms with Crippen LogP contribution < -0.4 is 16.0 Å². The Labute approximate surface area is 90.9 Å². The minimum atomic E-state index is -0.112. The fraction of sp³-hybridized carbons (Fsp3) is 0.900. The highest BCUT2D eigenvalue weighted by Crippen LogP contribution is 2.05. The Bertz CT molecular complexity index is 182. The third kappa shape index (κ3) is 5.59. The molecule has 2 amide bonds. The van der Waals surface area contributed by atoms with Crippen LogP contribution in [-0.2, 0) is 4.74 Å². The van der Waals surface area contributed by atoms with E-state index in [0.29, 0.717) is 25.7 Å². The van der Waals surface area contributed by atoms with E-state index in [4.69, 9.17) is 4.74 Å². The maximum absolute atomic E-state index is 11.3. The Balaban J connectivity index is 2.00. The molecule has 15 heavy (non-hydrogen) atoms. The first kappa shape index (κ1) is 12.3. The van der Waals surface area contributed by atoms with Crippen molar-refractivity contribution in [2.45, 2.75) is 25.3 Å². The van der Waals surface area contributed by atoms with Crippen molar-refractivity contribution < 1.29 is 9.53 Å². The molecule has 1 atom stereocenters. The van der Waals surface area contributed by atoms with Crippen molar-refractivity contribution in [1.82, 2.24) is 16.0 Å². The normalized spacial score (nSPS) is 21.0. The van der Waals surface area contributed by atoms with Crippen LogP contribution in [0.25, 0.3) is 0 Å². The number of urea groups is 1. The fourth-order valence-corrected chi connectivity index (χ4v) is 1.64. The molecule has 5 heteroatoms. The van der Waals surface area contributed by atoms with Gasteiger partial charge in [-0.2, -0.15) is 0 Å². The predicted octanol–water partition coefficient (Wildman–Crippen LogP) is 0.0741. The van der Waals surface area contributed by atoms with Gasteiger partial charge in [0.05, 0.1) is 6.61 Å². The predicted molar refractivity (Wildman–Crippen MR) is 58.9 cm³/mol. The quantitative estimate of drug-likeness (QED) is 0.569. The Hall–Kier alpha value is -0.810. The van der Waals surface area contributed by atoms with Gasteiger partial charge in [0.25, 0.3) is 0 Å². The zero-order valence-electron chi connectivity index (χ0n) is 9.34. The van der Waals surface area contributed by atoms with Crippen molar-refractivity contribution in [3.05, 3.63) is 0 Å². The number of carbonyl (C=O) groups is 1. The van der Waals surface area contributed by atoms with Gasteiger partial charge in [0.15, 0.2) is 0 Å². The summed E-state index contributed by atoms with van der Waals surface area (Å²) < 4.78 is 4.83. The van der Waals surface area contributed by atoms with Gasteiger partial charge in [-0.3, -0.25) is 0 Å². The maximum atomic E-state index is 11.3. The number of ether oxygens (including phenoxy) is 1. The van der Waals surface area contributed by atoms with Crippen LogP contribution in [0.15, 0.2) is 0 Å². The molecule has 0 spiro atoms. The van der Waals surface area contributed by atoms with Crippen molar-refractivity contribution >= 4 is 6.03 Å². The molecule has 1 aliphatic heterocycles. The molecule has 88 valence electrons. The summed E-state index contributed by atoms with van der Waals surface area (Å²) in [7, 11) is 1.62. The van der Waals surface area contributed by atoms with Gasteiger partial charge in [-0.1, -0.05) is 6.42 Å². The molecule has 0 bridgehead atoms. The van der Waals surface area contributed by atoms with Gasteiger partial charge in [-0.15, -0.1) is 0 Å². The Morgan fingerprint density at radius 3 is 3.00 bits per heavy atom. The van der Waals surface area contributed by atoms with Crippen LogP contribution in [0.5, 0.6) is 0 Å². The highest BCUT2D eigenvalue weighted by Gasteiger charge is 2.12. The lowest BCUT2D eigenvalue weighted by Gasteiger charge is -2.23. The monoisotopic (exact) mass is 215 g/mol. The molecule has 0 aromatic rings. The summed E-state index contributed by atoms with van der Waals surface area (Å²) in [6, 6.07) is 0.325. The molecule has 0 aromatic heterocycles. The molecule has 0 aromatic carbocycles. The van der Waals surface area contributed by atoms with E-state index >= 15 is 0 Å². The Kier molecular flexibility index (Phi) is 6.11. The second-order valence-corrected chi connectivity index (χ2v) is 3.78. The zero-order chi connectivity index (χ0) is 10.9. The molecule has 0 aliphatic carbocycles. The fourth-order valence-electron chi connectivity index (χ4n) is 1.64. The third-order valence-corrected chi connectivity index (χ3v) is 2.51. The summed E-state index contributed by atoms with van der Waals surface area (Å²) in [5.74, 6) is 0. The molecule has 1 fully saturated rings. The Morgan fingerprint density at radius 1 is 1.47 bits per heavy atom. The van der Waals surface area contributed by atoms with Crippen LogP contribution in [0, 0.1) is 0 Å². The summed E-state index contributed by atoms with van der Waals surface area (Å²) in [5.41, 5.74) is 0. The maximum Gasteiger partial charge on any atom is 0.314 e. The van der Waals surface area contributed by atoms with E-state index in [1.165, 1.54) is 12.8 Å². The number of hydrogen-bond acceptors (Lipinski definition) is 3. The standard InChI is InChI=1S/C10H21N3O2/c1-15-7-6-12-10(14)13-8-9-4-2-3-5-11-9/h9,11H,2-8H2,1H3,(H2,12,13,14). The van der Waals surface area contributed by atoms with E-state index in [1.54, 1.807) is 7.11 Å². The molecule has 1 saturated heterocycles. The molecule has 3 N–H and O–H groups in total. The second-order valence-electron chi connectivity index (χ2n) is 3.78. The summed E-state index contributed by atoms with van der Waals surface area (Å²) in [5, 5.41) is 8.94. The molecular weight excluding hydrogens is 194 g/mol. The summed E-state index contributed by atoms with van der Waals surface area (Å²) >= 11 is 0. The van der Waals surface area contributed by atoms with Crippen LogP contribution in [0.2, 0.25) is 0 Å².